The third-order valence-corrected chi connectivity index (χ3v) is 6.46. The second-order valence-corrected chi connectivity index (χ2v) is 9.62. The fourth-order valence-electron chi connectivity index (χ4n) is 3.26. The van der Waals surface area contributed by atoms with E-state index in [0.717, 1.165) is 10.6 Å². The van der Waals surface area contributed by atoms with Crippen molar-refractivity contribution < 1.29 is 22.7 Å². The van der Waals surface area contributed by atoms with Crippen LogP contribution < -0.4 is 19.1 Å². The topological polar surface area (TPSA) is 84.9 Å². The van der Waals surface area contributed by atoms with Crippen molar-refractivity contribution in [1.82, 2.24) is 5.32 Å². The Morgan fingerprint density at radius 1 is 1.13 bits per heavy atom. The van der Waals surface area contributed by atoms with Crippen LogP contribution in [0.15, 0.2) is 36.4 Å². The van der Waals surface area contributed by atoms with Gasteiger partial charge in [0, 0.05) is 10.6 Å². The molecule has 10 heteroatoms. The number of hydrogen-bond donors (Lipinski definition) is 1. The first kappa shape index (κ1) is 25.1. The van der Waals surface area contributed by atoms with Crippen LogP contribution in [-0.4, -0.2) is 40.8 Å². The monoisotopic (exact) mass is 488 g/mol. The summed E-state index contributed by atoms with van der Waals surface area (Å²) in [5.74, 6) is 0.688. The van der Waals surface area contributed by atoms with Crippen molar-refractivity contribution >= 4 is 44.8 Å². The van der Waals surface area contributed by atoms with Crippen molar-refractivity contribution in [3.8, 4) is 11.5 Å². The molecular weight excluding hydrogens is 463 g/mol. The zero-order chi connectivity index (χ0) is 23.3. The van der Waals surface area contributed by atoms with E-state index >= 15 is 0 Å². The number of carbonyl (C=O) groups excluding carboxylic acids is 1. The Labute approximate surface area is 193 Å². The molecule has 7 nitrogen and oxygen atoms in total. The van der Waals surface area contributed by atoms with Gasteiger partial charge in [0.05, 0.1) is 37.2 Å². The lowest BCUT2D eigenvalue weighted by molar-refractivity contribution is -0.122. The minimum atomic E-state index is -3.85. The van der Waals surface area contributed by atoms with Gasteiger partial charge in [-0.1, -0.05) is 30.1 Å². The highest BCUT2D eigenvalue weighted by atomic mass is 35.5. The number of hydrogen-bond acceptors (Lipinski definition) is 5. The molecular formula is C21H26Cl2N2O5S. The normalized spacial score (nSPS) is 13.3. The lowest BCUT2D eigenvalue weighted by Crippen LogP contribution is -2.49. The Morgan fingerprint density at radius 3 is 2.35 bits per heavy atom. The third kappa shape index (κ3) is 5.96. The maximum atomic E-state index is 13.2. The maximum absolute atomic E-state index is 13.2. The minimum absolute atomic E-state index is 0.144. The molecule has 1 N–H and O–H groups in total. The second kappa shape index (κ2) is 10.4. The van der Waals surface area contributed by atoms with Gasteiger partial charge in [0.2, 0.25) is 15.9 Å². The number of halogens is 2. The van der Waals surface area contributed by atoms with E-state index in [2.05, 4.69) is 5.32 Å². The van der Waals surface area contributed by atoms with E-state index in [4.69, 9.17) is 32.7 Å². The fourth-order valence-corrected chi connectivity index (χ4v) is 4.90. The number of anilines is 1. The summed E-state index contributed by atoms with van der Waals surface area (Å²) in [6.07, 6.45) is 1.23. The van der Waals surface area contributed by atoms with Crippen LogP contribution in [0.4, 0.5) is 5.69 Å². The Morgan fingerprint density at radius 2 is 1.81 bits per heavy atom. The molecule has 1 amide bonds. The van der Waals surface area contributed by atoms with Gasteiger partial charge in [0.15, 0.2) is 0 Å². The second-order valence-electron chi connectivity index (χ2n) is 6.92. The molecule has 2 aromatic carbocycles. The van der Waals surface area contributed by atoms with Crippen molar-refractivity contribution in [2.45, 2.75) is 32.4 Å². The summed E-state index contributed by atoms with van der Waals surface area (Å²) in [7, 11) is -0.781. The molecule has 0 radical (unpaired) electrons. The Bertz CT molecular complexity index is 1050. The molecule has 2 atom stereocenters. The van der Waals surface area contributed by atoms with E-state index < -0.39 is 28.0 Å². The van der Waals surface area contributed by atoms with Gasteiger partial charge < -0.3 is 14.8 Å². The van der Waals surface area contributed by atoms with E-state index in [0.29, 0.717) is 22.1 Å². The largest absolute Gasteiger partial charge is 0.497 e. The zero-order valence-corrected chi connectivity index (χ0v) is 20.3. The van der Waals surface area contributed by atoms with E-state index in [1.165, 1.54) is 19.2 Å². The van der Waals surface area contributed by atoms with Gasteiger partial charge in [-0.05, 0) is 49.7 Å². The lowest BCUT2D eigenvalue weighted by atomic mass is 10.1. The highest BCUT2D eigenvalue weighted by Crippen LogP contribution is 2.34. The van der Waals surface area contributed by atoms with Gasteiger partial charge in [0.25, 0.3) is 0 Å². The molecule has 0 heterocycles. The minimum Gasteiger partial charge on any atom is -0.497 e. The predicted octanol–water partition coefficient (Wildman–Crippen LogP) is 4.43. The molecule has 0 saturated carbocycles. The smallest absolute Gasteiger partial charge is 0.244 e. The molecule has 0 aliphatic carbocycles. The van der Waals surface area contributed by atoms with Crippen LogP contribution in [0.2, 0.25) is 10.0 Å². The number of benzene rings is 2. The van der Waals surface area contributed by atoms with Crippen LogP contribution in [0, 0.1) is 0 Å². The molecule has 0 saturated heterocycles. The first-order valence-electron chi connectivity index (χ1n) is 9.50. The first-order chi connectivity index (χ1) is 14.5. The third-order valence-electron chi connectivity index (χ3n) is 4.74. The maximum Gasteiger partial charge on any atom is 0.244 e. The molecule has 2 rings (SSSR count). The Kier molecular flexibility index (Phi) is 8.45. The average molecular weight is 489 g/mol. The molecule has 0 fully saturated rings. The van der Waals surface area contributed by atoms with Gasteiger partial charge in [0.1, 0.15) is 17.5 Å². The quantitative estimate of drug-likeness (QED) is 0.563. The van der Waals surface area contributed by atoms with Crippen LogP contribution in [0.25, 0.3) is 0 Å². The predicted molar refractivity (Wildman–Crippen MR) is 124 cm³/mol. The lowest BCUT2D eigenvalue weighted by Gasteiger charge is -2.32. The summed E-state index contributed by atoms with van der Waals surface area (Å²) in [5.41, 5.74) is 0.835. The van der Waals surface area contributed by atoms with Gasteiger partial charge in [-0.3, -0.25) is 9.10 Å². The van der Waals surface area contributed by atoms with Crippen LogP contribution >= 0.6 is 23.2 Å². The van der Waals surface area contributed by atoms with Gasteiger partial charge in [-0.15, -0.1) is 0 Å². The molecule has 2 unspecified atom stereocenters. The van der Waals surface area contributed by atoms with E-state index in [-0.39, 0.29) is 17.1 Å². The number of methoxy groups -OCH3 is 2. The van der Waals surface area contributed by atoms with Crippen LogP contribution in [0.3, 0.4) is 0 Å². The fraction of sp³-hybridized carbons (Fsp3) is 0.381. The highest BCUT2D eigenvalue weighted by molar-refractivity contribution is 7.92. The number of amides is 1. The van der Waals surface area contributed by atoms with Crippen LogP contribution in [-0.2, 0) is 14.8 Å². The van der Waals surface area contributed by atoms with Gasteiger partial charge in [-0.25, -0.2) is 8.42 Å². The van der Waals surface area contributed by atoms with Crippen molar-refractivity contribution in [3.63, 3.8) is 0 Å². The van der Waals surface area contributed by atoms with Gasteiger partial charge >= 0.3 is 0 Å². The molecule has 0 aliphatic rings. The number of carbonyl (C=O) groups is 1. The van der Waals surface area contributed by atoms with Crippen molar-refractivity contribution in [3.05, 3.63) is 52.0 Å². The molecule has 0 spiro atoms. The Hall–Kier alpha value is -2.16. The summed E-state index contributed by atoms with van der Waals surface area (Å²) in [6, 6.07) is 8.19. The summed E-state index contributed by atoms with van der Waals surface area (Å²) in [6.45, 7) is 3.50. The van der Waals surface area contributed by atoms with E-state index in [9.17, 15) is 13.2 Å². The summed E-state index contributed by atoms with van der Waals surface area (Å²) < 4.78 is 37.0. The summed E-state index contributed by atoms with van der Waals surface area (Å²) in [4.78, 5) is 13.2. The molecule has 170 valence electrons. The zero-order valence-electron chi connectivity index (χ0n) is 18.0. The van der Waals surface area contributed by atoms with Crippen molar-refractivity contribution in [2.24, 2.45) is 0 Å². The van der Waals surface area contributed by atoms with E-state index in [1.54, 1.807) is 45.2 Å². The summed E-state index contributed by atoms with van der Waals surface area (Å²) in [5, 5.41) is 3.35. The molecule has 0 bridgehead atoms. The molecule has 0 aliphatic heterocycles. The summed E-state index contributed by atoms with van der Waals surface area (Å²) >= 11 is 12.3. The number of ether oxygens (including phenoxy) is 2. The first-order valence-corrected chi connectivity index (χ1v) is 12.1. The SMILES string of the molecule is CCC(C(=O)NC(C)c1cc(OC)ccc1OC)N(c1cc(Cl)ccc1Cl)S(C)(=O)=O. The average Bonchev–Trinajstić information content (AvgIpc) is 2.72. The molecule has 0 aromatic heterocycles. The standard InChI is InChI=1S/C21H26Cl2N2O5S/c1-6-18(25(31(5,27)28)19-11-14(22)7-9-17(19)23)21(26)24-13(2)16-12-15(29-3)8-10-20(16)30-4/h7-13,18H,6H2,1-5H3,(H,24,26). The number of nitrogens with one attached hydrogen (secondary N) is 1. The van der Waals surface area contributed by atoms with E-state index in [1.807, 2.05) is 0 Å². The van der Waals surface area contributed by atoms with Crippen LogP contribution in [0.1, 0.15) is 31.9 Å². The van der Waals surface area contributed by atoms with Crippen LogP contribution in [0.5, 0.6) is 11.5 Å². The Balaban J connectivity index is 2.42. The van der Waals surface area contributed by atoms with Crippen molar-refractivity contribution in [1.29, 1.82) is 0 Å². The van der Waals surface area contributed by atoms with Crippen molar-refractivity contribution in [2.75, 3.05) is 24.8 Å². The number of nitrogens with zero attached hydrogens (tertiary/aromatic N) is 1. The van der Waals surface area contributed by atoms with Gasteiger partial charge in [-0.2, -0.15) is 0 Å². The molecule has 2 aromatic rings. The molecule has 31 heavy (non-hydrogen) atoms. The highest BCUT2D eigenvalue weighted by Gasteiger charge is 2.33. The number of rotatable bonds is 9. The number of sulfonamides is 1.